The number of fused-ring (bicyclic) bond motifs is 1. The molecule has 5 rings (SSSR count). The number of aryl methyl sites for hydroxylation is 1. The number of pyridine rings is 1. The minimum atomic E-state index is -0.932. The minimum Gasteiger partial charge on any atom is -0.478 e. The van der Waals surface area contributed by atoms with Gasteiger partial charge in [0.1, 0.15) is 0 Å². The van der Waals surface area contributed by atoms with Crippen molar-refractivity contribution in [1.29, 1.82) is 5.26 Å². The molecule has 2 aromatic carbocycles. The number of carbonyl (C=O) groups is 1. The summed E-state index contributed by atoms with van der Waals surface area (Å²) in [6.07, 6.45) is 6.52. The number of benzene rings is 2. The van der Waals surface area contributed by atoms with Gasteiger partial charge in [0.15, 0.2) is 0 Å². The van der Waals surface area contributed by atoms with Crippen molar-refractivity contribution >= 4 is 16.9 Å². The number of rotatable bonds is 5. The van der Waals surface area contributed by atoms with Crippen LogP contribution in [0.3, 0.4) is 0 Å². The maximum absolute atomic E-state index is 11.9. The summed E-state index contributed by atoms with van der Waals surface area (Å²) in [6.45, 7) is 0. The van der Waals surface area contributed by atoms with Gasteiger partial charge in [-0.3, -0.25) is 4.98 Å². The second-order valence-corrected chi connectivity index (χ2v) is 8.22. The molecule has 0 atom stereocenters. The summed E-state index contributed by atoms with van der Waals surface area (Å²) in [4.78, 5) is 16.4. The Bertz CT molecular complexity index is 1360. The quantitative estimate of drug-likeness (QED) is 0.488. The molecule has 0 radical (unpaired) electrons. The van der Waals surface area contributed by atoms with Gasteiger partial charge in [-0.2, -0.15) is 5.26 Å². The van der Waals surface area contributed by atoms with Crippen molar-refractivity contribution in [1.82, 2.24) is 9.55 Å². The van der Waals surface area contributed by atoms with Crippen LogP contribution in [-0.4, -0.2) is 20.6 Å². The molecule has 0 saturated heterocycles. The van der Waals surface area contributed by atoms with E-state index in [2.05, 4.69) is 33.8 Å². The van der Waals surface area contributed by atoms with Crippen LogP contribution in [0, 0.1) is 11.3 Å². The highest BCUT2D eigenvalue weighted by Crippen LogP contribution is 2.40. The molecule has 0 amide bonds. The number of carboxylic acids is 1. The summed E-state index contributed by atoms with van der Waals surface area (Å²) in [7, 11) is 2.01. The number of carboxylic acid groups (broad SMARTS) is 1. The molecule has 4 aromatic rings. The van der Waals surface area contributed by atoms with Crippen molar-refractivity contribution in [3.8, 4) is 17.2 Å². The van der Waals surface area contributed by atoms with Crippen LogP contribution < -0.4 is 0 Å². The van der Waals surface area contributed by atoms with Crippen LogP contribution in [0.2, 0.25) is 0 Å². The van der Waals surface area contributed by atoms with Crippen molar-refractivity contribution < 1.29 is 9.90 Å². The Hall–Kier alpha value is -3.91. The topological polar surface area (TPSA) is 78.9 Å². The molecule has 2 aromatic heterocycles. The predicted molar refractivity (Wildman–Crippen MR) is 119 cm³/mol. The molecule has 1 aliphatic carbocycles. The van der Waals surface area contributed by atoms with Gasteiger partial charge >= 0.3 is 5.97 Å². The third-order valence-corrected chi connectivity index (χ3v) is 6.00. The van der Waals surface area contributed by atoms with Gasteiger partial charge in [0.25, 0.3) is 0 Å². The third kappa shape index (κ3) is 3.57. The van der Waals surface area contributed by atoms with E-state index >= 15 is 0 Å². The highest BCUT2D eigenvalue weighted by Gasteiger charge is 2.26. The molecule has 2 heterocycles. The van der Waals surface area contributed by atoms with E-state index in [0.29, 0.717) is 23.6 Å². The average Bonchev–Trinajstić information content (AvgIpc) is 3.56. The van der Waals surface area contributed by atoms with Gasteiger partial charge in [0, 0.05) is 36.8 Å². The maximum Gasteiger partial charge on any atom is 0.337 e. The Morgan fingerprint density at radius 2 is 1.97 bits per heavy atom. The number of aromatic carboxylic acids is 1. The van der Waals surface area contributed by atoms with Gasteiger partial charge < -0.3 is 9.67 Å². The fraction of sp³-hybridized carbons (Fsp3) is 0.192. The second kappa shape index (κ2) is 7.41. The van der Waals surface area contributed by atoms with E-state index < -0.39 is 5.97 Å². The van der Waals surface area contributed by atoms with Crippen LogP contribution in [0.25, 0.3) is 22.0 Å². The molecule has 5 heteroatoms. The molecular formula is C26H21N3O2. The first-order valence-electron chi connectivity index (χ1n) is 10.3. The first-order valence-corrected chi connectivity index (χ1v) is 10.3. The molecule has 0 unspecified atom stereocenters. The van der Waals surface area contributed by atoms with E-state index in [4.69, 9.17) is 5.26 Å². The number of hydrogen-bond donors (Lipinski definition) is 1. The zero-order chi connectivity index (χ0) is 21.5. The Morgan fingerprint density at radius 1 is 1.19 bits per heavy atom. The third-order valence-electron chi connectivity index (χ3n) is 6.00. The average molecular weight is 407 g/mol. The lowest BCUT2D eigenvalue weighted by Gasteiger charge is -2.12. The van der Waals surface area contributed by atoms with E-state index in [9.17, 15) is 9.90 Å². The minimum absolute atomic E-state index is 0.289. The molecule has 0 spiro atoms. The summed E-state index contributed by atoms with van der Waals surface area (Å²) in [6, 6.07) is 17.8. The van der Waals surface area contributed by atoms with Gasteiger partial charge in [-0.05, 0) is 71.8 Å². The number of nitrogens with zero attached hydrogens (tertiary/aromatic N) is 3. The number of nitriles is 1. The Balaban J connectivity index is 1.60. The molecule has 1 fully saturated rings. The first-order chi connectivity index (χ1) is 15.0. The normalized spacial score (nSPS) is 13.3. The standard InChI is InChI=1S/C26H21N3O2/c1-29-9-8-20-10-17(11-22(25(20)29)19-4-2-16(14-27)3-5-19)12-24-23(26(30)31)13-21(15-28-24)18-6-7-18/h2-5,8-11,13,15,18H,6-7,12H2,1H3,(H,30,31). The van der Waals surface area contributed by atoms with Crippen LogP contribution in [0.1, 0.15) is 51.5 Å². The maximum atomic E-state index is 11.9. The SMILES string of the molecule is Cn1ccc2cc(Cc3ncc(C4CC4)cc3C(=O)O)cc(-c3ccc(C#N)cc3)c21. The molecule has 5 nitrogen and oxygen atoms in total. The molecule has 1 saturated carbocycles. The lowest BCUT2D eigenvalue weighted by atomic mass is 9.96. The second-order valence-electron chi connectivity index (χ2n) is 8.22. The molecule has 1 aliphatic rings. The van der Waals surface area contributed by atoms with E-state index in [-0.39, 0.29) is 5.56 Å². The lowest BCUT2D eigenvalue weighted by molar-refractivity contribution is 0.0695. The number of aromatic nitrogens is 2. The fourth-order valence-corrected chi connectivity index (χ4v) is 4.22. The first kappa shape index (κ1) is 19.1. The Kier molecular flexibility index (Phi) is 4.56. The van der Waals surface area contributed by atoms with Crippen molar-refractivity contribution in [2.24, 2.45) is 7.05 Å². The van der Waals surface area contributed by atoms with Gasteiger partial charge in [-0.25, -0.2) is 4.79 Å². The highest BCUT2D eigenvalue weighted by atomic mass is 16.4. The Morgan fingerprint density at radius 3 is 2.65 bits per heavy atom. The van der Waals surface area contributed by atoms with Crippen molar-refractivity contribution in [3.63, 3.8) is 0 Å². The summed E-state index contributed by atoms with van der Waals surface area (Å²) >= 11 is 0. The summed E-state index contributed by atoms with van der Waals surface area (Å²) in [5.41, 5.74) is 6.69. The van der Waals surface area contributed by atoms with E-state index in [1.807, 2.05) is 43.7 Å². The van der Waals surface area contributed by atoms with E-state index in [0.717, 1.165) is 46.0 Å². The predicted octanol–water partition coefficient (Wildman–Crippen LogP) is 5.28. The van der Waals surface area contributed by atoms with Gasteiger partial charge in [0.05, 0.1) is 28.4 Å². The highest BCUT2D eigenvalue weighted by molar-refractivity contribution is 5.96. The summed E-state index contributed by atoms with van der Waals surface area (Å²) in [5, 5.41) is 20.0. The monoisotopic (exact) mass is 407 g/mol. The van der Waals surface area contributed by atoms with E-state index in [1.54, 1.807) is 6.07 Å². The number of hydrogen-bond acceptors (Lipinski definition) is 3. The van der Waals surface area contributed by atoms with Crippen LogP contribution in [-0.2, 0) is 13.5 Å². The van der Waals surface area contributed by atoms with Crippen molar-refractivity contribution in [2.45, 2.75) is 25.2 Å². The molecule has 0 aliphatic heterocycles. The van der Waals surface area contributed by atoms with Crippen molar-refractivity contribution in [2.75, 3.05) is 0 Å². The largest absolute Gasteiger partial charge is 0.478 e. The van der Waals surface area contributed by atoms with Crippen LogP contribution >= 0.6 is 0 Å². The van der Waals surface area contributed by atoms with Crippen LogP contribution in [0.15, 0.2) is 60.9 Å². The van der Waals surface area contributed by atoms with Gasteiger partial charge in [0.2, 0.25) is 0 Å². The molecule has 152 valence electrons. The molecular weight excluding hydrogens is 386 g/mol. The van der Waals surface area contributed by atoms with Gasteiger partial charge in [-0.1, -0.05) is 12.1 Å². The summed E-state index contributed by atoms with van der Waals surface area (Å²) < 4.78 is 2.08. The molecule has 1 N–H and O–H groups in total. The zero-order valence-electron chi connectivity index (χ0n) is 17.2. The molecule has 0 bridgehead atoms. The van der Waals surface area contributed by atoms with E-state index in [1.165, 1.54) is 0 Å². The van der Waals surface area contributed by atoms with Gasteiger partial charge in [-0.15, -0.1) is 0 Å². The van der Waals surface area contributed by atoms with Crippen molar-refractivity contribution in [3.05, 3.63) is 88.9 Å². The Labute approximate surface area is 180 Å². The van der Waals surface area contributed by atoms with Crippen LogP contribution in [0.5, 0.6) is 0 Å². The zero-order valence-corrected chi connectivity index (χ0v) is 17.2. The molecule has 31 heavy (non-hydrogen) atoms. The fourth-order valence-electron chi connectivity index (χ4n) is 4.22. The summed E-state index contributed by atoms with van der Waals surface area (Å²) in [5.74, 6) is -0.471. The smallest absolute Gasteiger partial charge is 0.337 e. The van der Waals surface area contributed by atoms with Crippen LogP contribution in [0.4, 0.5) is 0 Å². The lowest BCUT2D eigenvalue weighted by Crippen LogP contribution is -2.07.